The molecule has 0 atom stereocenters. The van der Waals surface area contributed by atoms with Crippen LogP contribution < -0.4 is 14.2 Å². The molecule has 1 aliphatic rings. The van der Waals surface area contributed by atoms with E-state index < -0.39 is 0 Å². The number of nitrogens with zero attached hydrogens (tertiary/aromatic N) is 2. The first kappa shape index (κ1) is 27.3. The second-order valence-electron chi connectivity index (χ2n) is 7.93. The molecule has 1 amide bonds. The van der Waals surface area contributed by atoms with Crippen LogP contribution in [0.25, 0.3) is 6.08 Å². The molecular formula is C28H26ClIN2O4S. The Kier molecular flexibility index (Phi) is 9.39. The number of hydrogen-bond acceptors (Lipinski definition) is 6. The standard InChI is InChI=1S/C28H26ClIN2O4S/c1-4-32-27(33)25(37-28(32)31-21-10-12-22(34-3)13-11-21)16-19-14-23(30)26(24(15-19)35-5-2)36-17-18-6-8-20(29)9-7-18/h6-16H,4-5,17H2,1-3H3/b25-16+,31-28?. The molecule has 9 heteroatoms. The van der Waals surface area contributed by atoms with Crippen molar-refractivity contribution in [3.05, 3.63) is 85.3 Å². The molecular weight excluding hydrogens is 623 g/mol. The van der Waals surface area contributed by atoms with Gasteiger partial charge in [-0.25, -0.2) is 4.99 Å². The van der Waals surface area contributed by atoms with E-state index in [9.17, 15) is 4.79 Å². The Hall–Kier alpha value is -2.69. The van der Waals surface area contributed by atoms with Crippen molar-refractivity contribution in [3.8, 4) is 17.2 Å². The summed E-state index contributed by atoms with van der Waals surface area (Å²) < 4.78 is 18.1. The van der Waals surface area contributed by atoms with Crippen molar-refractivity contribution in [2.24, 2.45) is 4.99 Å². The Bertz CT molecular complexity index is 1330. The molecule has 0 aromatic heterocycles. The first-order valence-electron chi connectivity index (χ1n) is 11.7. The number of rotatable bonds is 9. The predicted octanol–water partition coefficient (Wildman–Crippen LogP) is 7.55. The molecule has 3 aromatic carbocycles. The molecule has 1 heterocycles. The summed E-state index contributed by atoms with van der Waals surface area (Å²) in [5.41, 5.74) is 2.61. The fourth-order valence-corrected chi connectivity index (χ4v) is 5.57. The molecule has 1 aliphatic heterocycles. The van der Waals surface area contributed by atoms with Gasteiger partial charge in [-0.05, 0) is 114 Å². The minimum atomic E-state index is -0.0733. The smallest absolute Gasteiger partial charge is 0.266 e. The highest BCUT2D eigenvalue weighted by Gasteiger charge is 2.32. The Balaban J connectivity index is 1.59. The van der Waals surface area contributed by atoms with Gasteiger partial charge in [0, 0.05) is 11.6 Å². The van der Waals surface area contributed by atoms with Crippen LogP contribution in [0.3, 0.4) is 0 Å². The number of amides is 1. The van der Waals surface area contributed by atoms with Crippen LogP contribution in [0, 0.1) is 3.57 Å². The average molecular weight is 649 g/mol. The number of carbonyl (C=O) groups is 1. The van der Waals surface area contributed by atoms with Gasteiger partial charge in [-0.2, -0.15) is 0 Å². The molecule has 0 bridgehead atoms. The molecule has 1 fully saturated rings. The van der Waals surface area contributed by atoms with Gasteiger partial charge in [0.1, 0.15) is 12.4 Å². The fraction of sp³-hybridized carbons (Fsp3) is 0.214. The van der Waals surface area contributed by atoms with Crippen molar-refractivity contribution in [3.63, 3.8) is 0 Å². The number of benzene rings is 3. The fourth-order valence-electron chi connectivity index (χ4n) is 3.60. The van der Waals surface area contributed by atoms with Crippen LogP contribution in [0.15, 0.2) is 70.6 Å². The van der Waals surface area contributed by atoms with Gasteiger partial charge in [-0.3, -0.25) is 9.69 Å². The SMILES string of the molecule is CCOc1cc(/C=C2/SC(=Nc3ccc(OC)cc3)N(CC)C2=O)cc(I)c1OCc1ccc(Cl)cc1. The van der Waals surface area contributed by atoms with Crippen molar-refractivity contribution in [1.82, 2.24) is 4.90 Å². The van der Waals surface area contributed by atoms with Crippen LogP contribution in [0.5, 0.6) is 17.2 Å². The summed E-state index contributed by atoms with van der Waals surface area (Å²) in [5, 5.41) is 1.33. The third-order valence-electron chi connectivity index (χ3n) is 5.43. The number of amidine groups is 1. The summed E-state index contributed by atoms with van der Waals surface area (Å²) in [4.78, 5) is 20.1. The van der Waals surface area contributed by atoms with E-state index in [2.05, 4.69) is 22.6 Å². The molecule has 1 saturated heterocycles. The van der Waals surface area contributed by atoms with Crippen molar-refractivity contribution in [2.75, 3.05) is 20.3 Å². The monoisotopic (exact) mass is 648 g/mol. The second-order valence-corrected chi connectivity index (χ2v) is 10.5. The van der Waals surface area contributed by atoms with Gasteiger partial charge in [0.25, 0.3) is 5.91 Å². The molecule has 0 spiro atoms. The second kappa shape index (κ2) is 12.7. The van der Waals surface area contributed by atoms with E-state index in [1.54, 1.807) is 12.0 Å². The molecule has 37 heavy (non-hydrogen) atoms. The molecule has 192 valence electrons. The molecule has 0 aliphatic carbocycles. The van der Waals surface area contributed by atoms with Crippen LogP contribution in [0.4, 0.5) is 5.69 Å². The molecule has 0 N–H and O–H groups in total. The quantitative estimate of drug-likeness (QED) is 0.177. The summed E-state index contributed by atoms with van der Waals surface area (Å²) in [5.74, 6) is 1.98. The van der Waals surface area contributed by atoms with Crippen LogP contribution in [0.2, 0.25) is 5.02 Å². The highest BCUT2D eigenvalue weighted by molar-refractivity contribution is 14.1. The lowest BCUT2D eigenvalue weighted by atomic mass is 10.1. The van der Waals surface area contributed by atoms with Crippen molar-refractivity contribution in [2.45, 2.75) is 20.5 Å². The van der Waals surface area contributed by atoms with Gasteiger partial charge in [-0.1, -0.05) is 23.7 Å². The summed E-state index contributed by atoms with van der Waals surface area (Å²) in [6.45, 7) is 5.27. The molecule has 3 aromatic rings. The molecule has 0 saturated carbocycles. The van der Waals surface area contributed by atoms with Crippen LogP contribution in [-0.2, 0) is 11.4 Å². The van der Waals surface area contributed by atoms with Gasteiger partial charge >= 0.3 is 0 Å². The number of thioether (sulfide) groups is 1. The minimum Gasteiger partial charge on any atom is -0.497 e. The summed E-state index contributed by atoms with van der Waals surface area (Å²) >= 11 is 9.58. The average Bonchev–Trinajstić information content (AvgIpc) is 3.18. The highest BCUT2D eigenvalue weighted by Crippen LogP contribution is 2.38. The van der Waals surface area contributed by atoms with E-state index in [0.717, 1.165) is 26.1 Å². The summed E-state index contributed by atoms with van der Waals surface area (Å²) in [6.07, 6.45) is 1.87. The number of hydrogen-bond donors (Lipinski definition) is 0. The van der Waals surface area contributed by atoms with Gasteiger partial charge in [0.15, 0.2) is 16.7 Å². The van der Waals surface area contributed by atoms with E-state index in [0.29, 0.717) is 46.4 Å². The highest BCUT2D eigenvalue weighted by atomic mass is 127. The van der Waals surface area contributed by atoms with Crippen molar-refractivity contribution in [1.29, 1.82) is 0 Å². The first-order valence-corrected chi connectivity index (χ1v) is 14.0. The Morgan fingerprint density at radius 1 is 1.05 bits per heavy atom. The number of carbonyl (C=O) groups excluding carboxylic acids is 1. The number of likely N-dealkylation sites (N-methyl/N-ethyl adjacent to an activating group) is 1. The van der Waals surface area contributed by atoms with Gasteiger partial charge in [-0.15, -0.1) is 0 Å². The Morgan fingerprint density at radius 3 is 2.43 bits per heavy atom. The zero-order chi connectivity index (χ0) is 26.4. The van der Waals surface area contributed by atoms with Crippen LogP contribution >= 0.6 is 46.0 Å². The minimum absolute atomic E-state index is 0.0733. The largest absolute Gasteiger partial charge is 0.497 e. The number of ether oxygens (including phenoxy) is 3. The molecule has 0 unspecified atom stereocenters. The lowest BCUT2D eigenvalue weighted by Crippen LogP contribution is -2.28. The number of methoxy groups -OCH3 is 1. The predicted molar refractivity (Wildman–Crippen MR) is 159 cm³/mol. The van der Waals surface area contributed by atoms with Gasteiger partial charge < -0.3 is 14.2 Å². The number of halogens is 2. The normalized spacial score (nSPS) is 15.5. The molecule has 0 radical (unpaired) electrons. The maximum absolute atomic E-state index is 13.2. The maximum atomic E-state index is 13.2. The summed E-state index contributed by atoms with van der Waals surface area (Å²) in [6, 6.07) is 18.9. The molecule has 6 nitrogen and oxygen atoms in total. The third kappa shape index (κ3) is 6.80. The zero-order valence-electron chi connectivity index (χ0n) is 20.7. The van der Waals surface area contributed by atoms with Crippen molar-refractivity contribution >= 4 is 68.8 Å². The lowest BCUT2D eigenvalue weighted by Gasteiger charge is -2.15. The van der Waals surface area contributed by atoms with E-state index in [-0.39, 0.29) is 5.91 Å². The third-order valence-corrected chi connectivity index (χ3v) is 7.49. The van der Waals surface area contributed by atoms with E-state index in [1.807, 2.05) is 80.6 Å². The van der Waals surface area contributed by atoms with E-state index in [4.69, 9.17) is 30.8 Å². The van der Waals surface area contributed by atoms with Crippen LogP contribution in [-0.4, -0.2) is 36.2 Å². The summed E-state index contributed by atoms with van der Waals surface area (Å²) in [7, 11) is 1.62. The van der Waals surface area contributed by atoms with E-state index >= 15 is 0 Å². The Labute approximate surface area is 239 Å². The molecule has 4 rings (SSSR count). The maximum Gasteiger partial charge on any atom is 0.266 e. The van der Waals surface area contributed by atoms with Gasteiger partial charge in [0.2, 0.25) is 0 Å². The lowest BCUT2D eigenvalue weighted by molar-refractivity contribution is -0.122. The number of aliphatic imine (C=N–C) groups is 1. The van der Waals surface area contributed by atoms with Crippen LogP contribution in [0.1, 0.15) is 25.0 Å². The zero-order valence-corrected chi connectivity index (χ0v) is 24.4. The Morgan fingerprint density at radius 2 is 1.78 bits per heavy atom. The first-order chi connectivity index (χ1) is 17.9. The van der Waals surface area contributed by atoms with Crippen molar-refractivity contribution < 1.29 is 19.0 Å². The van der Waals surface area contributed by atoms with Gasteiger partial charge in [0.05, 0.1) is 27.9 Å². The topological polar surface area (TPSA) is 60.4 Å². The van der Waals surface area contributed by atoms with E-state index in [1.165, 1.54) is 11.8 Å².